The van der Waals surface area contributed by atoms with Crippen molar-refractivity contribution in [1.82, 2.24) is 10.3 Å². The number of nitrogens with zero attached hydrogens (tertiary/aromatic N) is 1. The second-order valence-electron chi connectivity index (χ2n) is 4.18. The number of hydrogen-bond acceptors (Lipinski definition) is 4. The molecule has 0 fully saturated rings. The zero-order valence-electron chi connectivity index (χ0n) is 9.57. The van der Waals surface area contributed by atoms with Crippen LogP contribution in [0.4, 0.5) is 0 Å². The Morgan fingerprint density at radius 3 is 3.31 bits per heavy atom. The van der Waals surface area contributed by atoms with Crippen molar-refractivity contribution in [2.45, 2.75) is 25.4 Å². The van der Waals surface area contributed by atoms with Crippen LogP contribution in [0.25, 0.3) is 0 Å². The molecule has 0 spiro atoms. The highest BCUT2D eigenvalue weighted by Gasteiger charge is 2.35. The Hall–Kier alpha value is -1.13. The van der Waals surface area contributed by atoms with Crippen LogP contribution in [0, 0.1) is 0 Å². The average Bonchev–Trinajstić information content (AvgIpc) is 2.30. The Morgan fingerprint density at radius 2 is 2.50 bits per heavy atom. The van der Waals surface area contributed by atoms with Gasteiger partial charge in [0.2, 0.25) is 0 Å². The third kappa shape index (κ3) is 2.18. The van der Waals surface area contributed by atoms with Crippen molar-refractivity contribution in [2.75, 3.05) is 19.7 Å². The maximum atomic E-state index is 10.6. The van der Waals surface area contributed by atoms with E-state index in [1.165, 1.54) is 0 Å². The fourth-order valence-electron chi connectivity index (χ4n) is 1.98. The number of hydrogen-bond donors (Lipinski definition) is 2. The molecule has 4 heteroatoms. The first-order chi connectivity index (χ1) is 7.76. The molecule has 16 heavy (non-hydrogen) atoms. The molecule has 0 saturated carbocycles. The van der Waals surface area contributed by atoms with Gasteiger partial charge in [-0.3, -0.25) is 4.98 Å². The molecule has 2 rings (SSSR count). The van der Waals surface area contributed by atoms with Crippen LogP contribution in [-0.2, 0) is 5.60 Å². The summed E-state index contributed by atoms with van der Waals surface area (Å²) in [4.78, 5) is 4.05. The summed E-state index contributed by atoms with van der Waals surface area (Å²) in [5.74, 6) is 0.752. The summed E-state index contributed by atoms with van der Waals surface area (Å²) < 4.78 is 5.50. The van der Waals surface area contributed by atoms with Crippen molar-refractivity contribution in [3.63, 3.8) is 0 Å². The van der Waals surface area contributed by atoms with Crippen LogP contribution in [0.1, 0.15) is 25.3 Å². The molecule has 0 bridgehead atoms. The highest BCUT2D eigenvalue weighted by molar-refractivity contribution is 5.37. The molecule has 88 valence electrons. The first-order valence-electron chi connectivity index (χ1n) is 5.76. The normalized spacial score (nSPS) is 23.6. The second kappa shape index (κ2) is 4.80. The Morgan fingerprint density at radius 1 is 1.62 bits per heavy atom. The van der Waals surface area contributed by atoms with Crippen molar-refractivity contribution < 1.29 is 9.84 Å². The van der Waals surface area contributed by atoms with Gasteiger partial charge in [0.1, 0.15) is 11.4 Å². The molecular formula is C12H18N2O2. The third-order valence-electron chi connectivity index (χ3n) is 2.90. The minimum absolute atomic E-state index is 0.557. The number of pyridine rings is 1. The van der Waals surface area contributed by atoms with Crippen LogP contribution in [0.2, 0.25) is 0 Å². The van der Waals surface area contributed by atoms with Gasteiger partial charge in [0, 0.05) is 30.9 Å². The van der Waals surface area contributed by atoms with Gasteiger partial charge >= 0.3 is 0 Å². The van der Waals surface area contributed by atoms with Gasteiger partial charge in [-0.2, -0.15) is 0 Å². The van der Waals surface area contributed by atoms with Crippen molar-refractivity contribution in [3.05, 3.63) is 24.0 Å². The van der Waals surface area contributed by atoms with Gasteiger partial charge < -0.3 is 15.2 Å². The van der Waals surface area contributed by atoms with Crippen LogP contribution in [0.5, 0.6) is 5.75 Å². The average molecular weight is 222 g/mol. The SMILES string of the molecule is CCCNCC1(O)CCOc2ccncc21. The molecule has 1 unspecified atom stereocenters. The number of nitrogens with one attached hydrogen (secondary N) is 1. The predicted molar refractivity (Wildman–Crippen MR) is 61.4 cm³/mol. The highest BCUT2D eigenvalue weighted by Crippen LogP contribution is 2.35. The van der Waals surface area contributed by atoms with E-state index in [-0.39, 0.29) is 0 Å². The third-order valence-corrected chi connectivity index (χ3v) is 2.90. The van der Waals surface area contributed by atoms with E-state index in [2.05, 4.69) is 17.2 Å². The molecule has 1 aromatic heterocycles. The quantitative estimate of drug-likeness (QED) is 0.748. The first kappa shape index (κ1) is 11.4. The van der Waals surface area contributed by atoms with E-state index in [0.29, 0.717) is 19.6 Å². The first-order valence-corrected chi connectivity index (χ1v) is 5.76. The van der Waals surface area contributed by atoms with Crippen LogP contribution < -0.4 is 10.1 Å². The second-order valence-corrected chi connectivity index (χ2v) is 4.18. The van der Waals surface area contributed by atoms with Crippen LogP contribution in [0.3, 0.4) is 0 Å². The number of ether oxygens (including phenoxy) is 1. The molecule has 2 N–H and O–H groups in total. The lowest BCUT2D eigenvalue weighted by molar-refractivity contribution is -0.00233. The summed E-state index contributed by atoms with van der Waals surface area (Å²) in [6, 6.07) is 1.80. The van der Waals surface area contributed by atoms with Crippen molar-refractivity contribution >= 4 is 0 Å². The minimum Gasteiger partial charge on any atom is -0.493 e. The molecule has 0 aromatic carbocycles. The van der Waals surface area contributed by atoms with E-state index in [4.69, 9.17) is 4.74 Å². The zero-order valence-corrected chi connectivity index (χ0v) is 9.57. The summed E-state index contributed by atoms with van der Waals surface area (Å²) in [6.45, 7) is 4.14. The molecule has 0 amide bonds. The van der Waals surface area contributed by atoms with E-state index in [9.17, 15) is 5.11 Å². The monoisotopic (exact) mass is 222 g/mol. The summed E-state index contributed by atoms with van der Waals surface area (Å²) >= 11 is 0. The smallest absolute Gasteiger partial charge is 0.128 e. The minimum atomic E-state index is -0.836. The predicted octanol–water partition coefficient (Wildman–Crippen LogP) is 1.05. The lowest BCUT2D eigenvalue weighted by atomic mass is 9.89. The van der Waals surface area contributed by atoms with E-state index < -0.39 is 5.60 Å². The van der Waals surface area contributed by atoms with E-state index >= 15 is 0 Å². The highest BCUT2D eigenvalue weighted by atomic mass is 16.5. The molecule has 0 saturated heterocycles. The Labute approximate surface area is 95.7 Å². The van der Waals surface area contributed by atoms with Crippen molar-refractivity contribution in [3.8, 4) is 5.75 Å². The zero-order chi connectivity index (χ0) is 11.4. The van der Waals surface area contributed by atoms with Gasteiger partial charge in [-0.1, -0.05) is 6.92 Å². The molecule has 1 aromatic rings. The lowest BCUT2D eigenvalue weighted by Gasteiger charge is -2.34. The van der Waals surface area contributed by atoms with Gasteiger partial charge in [0.25, 0.3) is 0 Å². The molecule has 1 aliphatic rings. The lowest BCUT2D eigenvalue weighted by Crippen LogP contribution is -2.42. The van der Waals surface area contributed by atoms with Crippen LogP contribution in [-0.4, -0.2) is 29.8 Å². The maximum Gasteiger partial charge on any atom is 0.128 e. The van der Waals surface area contributed by atoms with E-state index in [1.807, 2.05) is 0 Å². The number of rotatable bonds is 4. The van der Waals surface area contributed by atoms with E-state index in [1.54, 1.807) is 18.5 Å². The van der Waals surface area contributed by atoms with Gasteiger partial charge in [0.15, 0.2) is 0 Å². The molecular weight excluding hydrogens is 204 g/mol. The van der Waals surface area contributed by atoms with Gasteiger partial charge in [-0.25, -0.2) is 0 Å². The number of aliphatic hydroxyl groups is 1. The molecule has 1 atom stereocenters. The Balaban J connectivity index is 2.16. The Kier molecular flexibility index (Phi) is 3.41. The summed E-state index contributed by atoms with van der Waals surface area (Å²) in [7, 11) is 0. The molecule has 0 radical (unpaired) electrons. The fraction of sp³-hybridized carbons (Fsp3) is 0.583. The fourth-order valence-corrected chi connectivity index (χ4v) is 1.98. The van der Waals surface area contributed by atoms with Gasteiger partial charge in [-0.05, 0) is 19.0 Å². The molecule has 1 aliphatic heterocycles. The molecule has 0 aliphatic carbocycles. The number of fused-ring (bicyclic) bond motifs is 1. The van der Waals surface area contributed by atoms with Gasteiger partial charge in [-0.15, -0.1) is 0 Å². The van der Waals surface area contributed by atoms with E-state index in [0.717, 1.165) is 24.3 Å². The number of aromatic nitrogens is 1. The summed E-state index contributed by atoms with van der Waals surface area (Å²) in [5.41, 5.74) is -0.0401. The van der Waals surface area contributed by atoms with Crippen LogP contribution in [0.15, 0.2) is 18.5 Å². The molecule has 2 heterocycles. The molecule has 4 nitrogen and oxygen atoms in total. The topological polar surface area (TPSA) is 54.4 Å². The summed E-state index contributed by atoms with van der Waals surface area (Å²) in [5, 5.41) is 13.8. The van der Waals surface area contributed by atoms with Gasteiger partial charge in [0.05, 0.1) is 6.61 Å². The van der Waals surface area contributed by atoms with Crippen molar-refractivity contribution in [2.24, 2.45) is 0 Å². The van der Waals surface area contributed by atoms with Crippen LogP contribution >= 0.6 is 0 Å². The standard InChI is InChI=1S/C12H18N2O2/c1-2-5-14-9-12(15)4-7-16-11-3-6-13-8-10(11)12/h3,6,8,14-15H,2,4-5,7,9H2,1H3. The van der Waals surface area contributed by atoms with Crippen molar-refractivity contribution in [1.29, 1.82) is 0 Å². The summed E-state index contributed by atoms with van der Waals surface area (Å²) in [6.07, 6.45) is 5.06. The maximum absolute atomic E-state index is 10.6. The Bertz CT molecular complexity index is 357. The largest absolute Gasteiger partial charge is 0.493 e.